The SMILES string of the molecule is O=Cc1ccc2c(ccn2Cc2ccc(F)c(F)c2)c1. The molecular weight excluding hydrogens is 260 g/mol. The van der Waals surface area contributed by atoms with Gasteiger partial charge in [0.25, 0.3) is 0 Å². The third kappa shape index (κ3) is 2.20. The van der Waals surface area contributed by atoms with Gasteiger partial charge in [0.2, 0.25) is 0 Å². The highest BCUT2D eigenvalue weighted by molar-refractivity contribution is 5.87. The highest BCUT2D eigenvalue weighted by Gasteiger charge is 2.06. The van der Waals surface area contributed by atoms with Crippen LogP contribution in [0.3, 0.4) is 0 Å². The number of hydrogen-bond acceptors (Lipinski definition) is 1. The van der Waals surface area contributed by atoms with Crippen LogP contribution in [0.2, 0.25) is 0 Å². The normalized spacial score (nSPS) is 10.9. The van der Waals surface area contributed by atoms with Crippen LogP contribution in [0.25, 0.3) is 10.9 Å². The average Bonchev–Trinajstić information content (AvgIpc) is 2.85. The Labute approximate surface area is 114 Å². The van der Waals surface area contributed by atoms with Gasteiger partial charge in [-0.25, -0.2) is 8.78 Å². The predicted molar refractivity (Wildman–Crippen MR) is 72.8 cm³/mol. The minimum atomic E-state index is -0.846. The maximum atomic E-state index is 13.2. The average molecular weight is 271 g/mol. The van der Waals surface area contributed by atoms with Gasteiger partial charge >= 0.3 is 0 Å². The van der Waals surface area contributed by atoms with Crippen molar-refractivity contribution in [2.45, 2.75) is 6.54 Å². The zero-order valence-corrected chi connectivity index (χ0v) is 10.5. The molecule has 0 bridgehead atoms. The summed E-state index contributed by atoms with van der Waals surface area (Å²) in [6, 6.07) is 11.1. The largest absolute Gasteiger partial charge is 0.343 e. The second-order valence-electron chi connectivity index (χ2n) is 4.63. The third-order valence-electron chi connectivity index (χ3n) is 3.27. The first-order valence-electron chi connectivity index (χ1n) is 6.15. The van der Waals surface area contributed by atoms with Crippen molar-refractivity contribution in [2.75, 3.05) is 0 Å². The van der Waals surface area contributed by atoms with Gasteiger partial charge in [-0.05, 0) is 42.0 Å². The molecule has 0 aliphatic heterocycles. The zero-order valence-electron chi connectivity index (χ0n) is 10.5. The van der Waals surface area contributed by atoms with Crippen molar-refractivity contribution in [1.82, 2.24) is 4.57 Å². The van der Waals surface area contributed by atoms with Crippen molar-refractivity contribution in [2.24, 2.45) is 0 Å². The van der Waals surface area contributed by atoms with Gasteiger partial charge in [0.05, 0.1) is 0 Å². The Morgan fingerprint density at radius 1 is 1.00 bits per heavy atom. The lowest BCUT2D eigenvalue weighted by Crippen LogP contribution is -1.99. The van der Waals surface area contributed by atoms with E-state index in [-0.39, 0.29) is 0 Å². The molecule has 4 heteroatoms. The summed E-state index contributed by atoms with van der Waals surface area (Å²) in [5.41, 5.74) is 2.24. The number of rotatable bonds is 3. The molecule has 3 rings (SSSR count). The van der Waals surface area contributed by atoms with Gasteiger partial charge in [0, 0.05) is 29.2 Å². The Balaban J connectivity index is 1.98. The fraction of sp³-hybridized carbons (Fsp3) is 0.0625. The number of nitrogens with zero attached hydrogens (tertiary/aromatic N) is 1. The van der Waals surface area contributed by atoms with Gasteiger partial charge in [0.1, 0.15) is 6.29 Å². The first kappa shape index (κ1) is 12.5. The second-order valence-corrected chi connectivity index (χ2v) is 4.63. The van der Waals surface area contributed by atoms with Crippen molar-refractivity contribution in [3.05, 3.63) is 71.4 Å². The maximum Gasteiger partial charge on any atom is 0.159 e. The number of halogens is 2. The Morgan fingerprint density at radius 2 is 1.85 bits per heavy atom. The number of aromatic nitrogens is 1. The topological polar surface area (TPSA) is 22.0 Å². The minimum absolute atomic E-state index is 0.446. The van der Waals surface area contributed by atoms with E-state index >= 15 is 0 Å². The van der Waals surface area contributed by atoms with Crippen molar-refractivity contribution in [3.63, 3.8) is 0 Å². The molecule has 0 amide bonds. The predicted octanol–water partition coefficient (Wildman–Crippen LogP) is 3.78. The fourth-order valence-electron chi connectivity index (χ4n) is 2.26. The summed E-state index contributed by atoms with van der Waals surface area (Å²) in [6.45, 7) is 0.446. The Hall–Kier alpha value is -2.49. The quantitative estimate of drug-likeness (QED) is 0.664. The Morgan fingerprint density at radius 3 is 2.60 bits per heavy atom. The molecule has 0 aliphatic carbocycles. The van der Waals surface area contributed by atoms with Gasteiger partial charge < -0.3 is 4.57 Å². The number of fused-ring (bicyclic) bond motifs is 1. The van der Waals surface area contributed by atoms with Gasteiger partial charge in [-0.15, -0.1) is 0 Å². The summed E-state index contributed by atoms with van der Waals surface area (Å²) >= 11 is 0. The molecule has 0 aliphatic rings. The number of carbonyl (C=O) groups excluding carboxylic acids is 1. The van der Waals surface area contributed by atoms with Crippen LogP contribution in [0.5, 0.6) is 0 Å². The van der Waals surface area contributed by atoms with Crippen LogP contribution in [0, 0.1) is 11.6 Å². The first-order chi connectivity index (χ1) is 9.67. The van der Waals surface area contributed by atoms with E-state index in [0.717, 1.165) is 23.3 Å². The molecule has 1 aromatic heterocycles. The van der Waals surface area contributed by atoms with Crippen LogP contribution in [-0.4, -0.2) is 10.9 Å². The molecule has 0 unspecified atom stereocenters. The van der Waals surface area contributed by atoms with Crippen molar-refractivity contribution in [3.8, 4) is 0 Å². The Kier molecular flexibility index (Phi) is 3.06. The van der Waals surface area contributed by atoms with Crippen molar-refractivity contribution in [1.29, 1.82) is 0 Å². The number of carbonyl (C=O) groups is 1. The summed E-state index contributed by atoms with van der Waals surface area (Å²) in [6.07, 6.45) is 2.66. The summed E-state index contributed by atoms with van der Waals surface area (Å²) < 4.78 is 28.0. The maximum absolute atomic E-state index is 13.2. The molecule has 0 N–H and O–H groups in total. The van der Waals surface area contributed by atoms with E-state index in [0.29, 0.717) is 17.7 Å². The van der Waals surface area contributed by atoms with E-state index < -0.39 is 11.6 Å². The van der Waals surface area contributed by atoms with Crippen LogP contribution in [0.15, 0.2) is 48.7 Å². The summed E-state index contributed by atoms with van der Waals surface area (Å²) in [5, 5.41) is 0.942. The number of aldehydes is 1. The van der Waals surface area contributed by atoms with E-state index in [1.807, 2.05) is 22.9 Å². The lowest BCUT2D eigenvalue weighted by Gasteiger charge is -2.06. The second kappa shape index (κ2) is 4.89. The molecule has 100 valence electrons. The molecule has 1 heterocycles. The lowest BCUT2D eigenvalue weighted by molar-refractivity contribution is 0.112. The van der Waals surface area contributed by atoms with Gasteiger partial charge in [0.15, 0.2) is 11.6 Å². The van der Waals surface area contributed by atoms with Crippen LogP contribution >= 0.6 is 0 Å². The van der Waals surface area contributed by atoms with Crippen molar-refractivity contribution < 1.29 is 13.6 Å². The number of benzene rings is 2. The van der Waals surface area contributed by atoms with Crippen LogP contribution < -0.4 is 0 Å². The molecule has 2 aromatic carbocycles. The third-order valence-corrected chi connectivity index (χ3v) is 3.27. The smallest absolute Gasteiger partial charge is 0.159 e. The van der Waals surface area contributed by atoms with E-state index in [2.05, 4.69) is 0 Å². The van der Waals surface area contributed by atoms with E-state index in [9.17, 15) is 13.6 Å². The lowest BCUT2D eigenvalue weighted by atomic mass is 10.1. The Bertz CT molecular complexity index is 792. The van der Waals surface area contributed by atoms with Crippen LogP contribution in [0.1, 0.15) is 15.9 Å². The van der Waals surface area contributed by atoms with E-state index in [1.54, 1.807) is 18.2 Å². The molecular formula is C16H11F2NO. The summed E-state index contributed by atoms with van der Waals surface area (Å²) in [7, 11) is 0. The molecule has 0 saturated carbocycles. The highest BCUT2D eigenvalue weighted by atomic mass is 19.2. The first-order valence-corrected chi connectivity index (χ1v) is 6.15. The fourth-order valence-corrected chi connectivity index (χ4v) is 2.26. The minimum Gasteiger partial charge on any atom is -0.343 e. The van der Waals surface area contributed by atoms with Gasteiger partial charge in [-0.2, -0.15) is 0 Å². The molecule has 0 atom stereocenters. The highest BCUT2D eigenvalue weighted by Crippen LogP contribution is 2.19. The van der Waals surface area contributed by atoms with Gasteiger partial charge in [-0.3, -0.25) is 4.79 Å². The van der Waals surface area contributed by atoms with Gasteiger partial charge in [-0.1, -0.05) is 6.07 Å². The summed E-state index contributed by atoms with van der Waals surface area (Å²) in [4.78, 5) is 10.7. The van der Waals surface area contributed by atoms with Crippen LogP contribution in [-0.2, 0) is 6.54 Å². The molecule has 3 aromatic rings. The molecule has 0 saturated heterocycles. The number of hydrogen-bond donors (Lipinski definition) is 0. The van der Waals surface area contributed by atoms with Crippen molar-refractivity contribution >= 4 is 17.2 Å². The molecule has 2 nitrogen and oxygen atoms in total. The zero-order chi connectivity index (χ0) is 14.1. The summed E-state index contributed by atoms with van der Waals surface area (Å²) in [5.74, 6) is -1.69. The molecule has 0 spiro atoms. The molecule has 0 fully saturated rings. The monoisotopic (exact) mass is 271 g/mol. The van der Waals surface area contributed by atoms with E-state index in [1.165, 1.54) is 6.07 Å². The molecule has 0 radical (unpaired) electrons. The van der Waals surface area contributed by atoms with E-state index in [4.69, 9.17) is 0 Å². The standard InChI is InChI=1S/C16H11F2NO/c17-14-3-1-11(8-15(14)18)9-19-6-5-13-7-12(10-20)2-4-16(13)19/h1-8,10H,9H2. The van der Waals surface area contributed by atoms with Crippen LogP contribution in [0.4, 0.5) is 8.78 Å². The molecule has 20 heavy (non-hydrogen) atoms.